The second-order valence-corrected chi connectivity index (χ2v) is 5.74. The van der Waals surface area contributed by atoms with E-state index in [0.29, 0.717) is 6.04 Å². The third kappa shape index (κ3) is 5.56. The van der Waals surface area contributed by atoms with Crippen LogP contribution < -0.4 is 15.8 Å². The molecule has 1 saturated carbocycles. The topological polar surface area (TPSA) is 64.3 Å². The zero-order chi connectivity index (χ0) is 14.5. The summed E-state index contributed by atoms with van der Waals surface area (Å²) in [6, 6.07) is 6.51. The maximum Gasteiger partial charge on any atom is 0.258 e. The Kier molecular flexibility index (Phi) is 6.99. The van der Waals surface area contributed by atoms with Gasteiger partial charge in [0, 0.05) is 12.1 Å². The molecule has 118 valence electrons. The van der Waals surface area contributed by atoms with Gasteiger partial charge < -0.3 is 15.8 Å². The molecule has 3 N–H and O–H groups in total. The van der Waals surface area contributed by atoms with E-state index >= 15 is 0 Å². The van der Waals surface area contributed by atoms with Crippen LogP contribution in [0, 0.1) is 13.8 Å². The van der Waals surface area contributed by atoms with Crippen LogP contribution in [0.15, 0.2) is 18.2 Å². The highest BCUT2D eigenvalue weighted by molar-refractivity contribution is 5.85. The van der Waals surface area contributed by atoms with Gasteiger partial charge in [-0.3, -0.25) is 4.79 Å². The molecule has 1 fully saturated rings. The lowest BCUT2D eigenvalue weighted by Gasteiger charge is -2.26. The van der Waals surface area contributed by atoms with Crippen LogP contribution in [-0.2, 0) is 4.79 Å². The zero-order valence-corrected chi connectivity index (χ0v) is 13.5. The second kappa shape index (κ2) is 8.25. The first-order valence-electron chi connectivity index (χ1n) is 7.29. The van der Waals surface area contributed by atoms with Crippen molar-refractivity contribution < 1.29 is 9.53 Å². The van der Waals surface area contributed by atoms with Crippen LogP contribution >= 0.6 is 12.4 Å². The fraction of sp³-hybridized carbons (Fsp3) is 0.562. The minimum atomic E-state index is -0.0505. The molecule has 0 saturated heterocycles. The number of carbonyl (C=O) groups is 1. The Morgan fingerprint density at radius 3 is 2.57 bits per heavy atom. The molecule has 1 amide bonds. The van der Waals surface area contributed by atoms with E-state index in [0.717, 1.165) is 37.0 Å². The zero-order valence-electron chi connectivity index (χ0n) is 12.7. The molecule has 21 heavy (non-hydrogen) atoms. The molecule has 0 aromatic heterocycles. The molecular formula is C16H25ClN2O2. The molecule has 1 aliphatic rings. The van der Waals surface area contributed by atoms with E-state index in [1.807, 2.05) is 26.0 Å². The molecule has 4 nitrogen and oxygen atoms in total. The van der Waals surface area contributed by atoms with Gasteiger partial charge in [0.2, 0.25) is 0 Å². The van der Waals surface area contributed by atoms with Gasteiger partial charge in [0.15, 0.2) is 6.61 Å². The van der Waals surface area contributed by atoms with Crippen molar-refractivity contribution in [2.75, 3.05) is 6.61 Å². The molecular weight excluding hydrogens is 288 g/mol. The van der Waals surface area contributed by atoms with E-state index in [1.54, 1.807) is 0 Å². The van der Waals surface area contributed by atoms with Gasteiger partial charge in [-0.25, -0.2) is 0 Å². The average molecular weight is 313 g/mol. The van der Waals surface area contributed by atoms with Crippen LogP contribution in [0.5, 0.6) is 5.75 Å². The quantitative estimate of drug-likeness (QED) is 0.898. The Balaban J connectivity index is 0.00000220. The maximum absolute atomic E-state index is 11.9. The first kappa shape index (κ1) is 17.8. The van der Waals surface area contributed by atoms with Gasteiger partial charge in [-0.15, -0.1) is 12.4 Å². The van der Waals surface area contributed by atoms with Crippen molar-refractivity contribution in [1.29, 1.82) is 0 Å². The van der Waals surface area contributed by atoms with Crippen LogP contribution in [0.1, 0.15) is 36.8 Å². The highest BCUT2D eigenvalue weighted by Crippen LogP contribution is 2.19. The van der Waals surface area contributed by atoms with Gasteiger partial charge in [0.05, 0.1) is 0 Å². The van der Waals surface area contributed by atoms with Gasteiger partial charge in [-0.05, 0) is 51.2 Å². The number of nitrogens with two attached hydrogens (primary N) is 1. The molecule has 1 aromatic carbocycles. The molecule has 1 aromatic rings. The van der Waals surface area contributed by atoms with E-state index in [9.17, 15) is 4.79 Å². The number of carbonyl (C=O) groups excluding carboxylic acids is 1. The van der Waals surface area contributed by atoms with Crippen LogP contribution in [0.3, 0.4) is 0 Å². The second-order valence-electron chi connectivity index (χ2n) is 5.74. The lowest BCUT2D eigenvalue weighted by atomic mass is 9.92. The van der Waals surface area contributed by atoms with Crippen molar-refractivity contribution in [2.24, 2.45) is 5.73 Å². The number of aryl methyl sites for hydroxylation is 2. The molecule has 2 rings (SSSR count). The SMILES string of the molecule is Cc1ccc(OCC(=O)NC2CCC(N)CC2)c(C)c1.Cl. The molecule has 0 bridgehead atoms. The van der Waals surface area contributed by atoms with Crippen LogP contribution in [0.4, 0.5) is 0 Å². The normalized spacial score (nSPS) is 21.3. The van der Waals surface area contributed by atoms with Crippen LogP contribution in [0.2, 0.25) is 0 Å². The van der Waals surface area contributed by atoms with E-state index in [2.05, 4.69) is 11.4 Å². The molecule has 0 unspecified atom stereocenters. The number of benzene rings is 1. The van der Waals surface area contributed by atoms with E-state index in [4.69, 9.17) is 10.5 Å². The Bertz CT molecular complexity index is 471. The summed E-state index contributed by atoms with van der Waals surface area (Å²) in [5.74, 6) is 0.724. The lowest BCUT2D eigenvalue weighted by molar-refractivity contribution is -0.124. The summed E-state index contributed by atoms with van der Waals surface area (Å²) in [5.41, 5.74) is 8.10. The van der Waals surface area contributed by atoms with E-state index in [1.165, 1.54) is 5.56 Å². The first-order valence-corrected chi connectivity index (χ1v) is 7.29. The maximum atomic E-state index is 11.9. The number of hydrogen-bond donors (Lipinski definition) is 2. The molecule has 0 radical (unpaired) electrons. The third-order valence-electron chi connectivity index (χ3n) is 3.83. The number of hydrogen-bond acceptors (Lipinski definition) is 3. The highest BCUT2D eigenvalue weighted by atomic mass is 35.5. The summed E-state index contributed by atoms with van der Waals surface area (Å²) in [6.45, 7) is 4.10. The van der Waals surface area contributed by atoms with Crippen molar-refractivity contribution in [1.82, 2.24) is 5.32 Å². The Morgan fingerprint density at radius 1 is 1.29 bits per heavy atom. The van der Waals surface area contributed by atoms with Crippen LogP contribution in [-0.4, -0.2) is 24.6 Å². The number of rotatable bonds is 4. The molecule has 0 aliphatic heterocycles. The summed E-state index contributed by atoms with van der Waals surface area (Å²) < 4.78 is 5.58. The molecule has 5 heteroatoms. The summed E-state index contributed by atoms with van der Waals surface area (Å²) in [5, 5.41) is 3.02. The summed E-state index contributed by atoms with van der Waals surface area (Å²) in [4.78, 5) is 11.9. The highest BCUT2D eigenvalue weighted by Gasteiger charge is 2.20. The Hall–Kier alpha value is -1.26. The Morgan fingerprint density at radius 2 is 1.95 bits per heavy atom. The summed E-state index contributed by atoms with van der Waals surface area (Å²) in [6.07, 6.45) is 3.92. The number of halogens is 1. The molecule has 0 atom stereocenters. The van der Waals surface area contributed by atoms with Gasteiger partial charge in [0.1, 0.15) is 5.75 Å². The van der Waals surface area contributed by atoms with Crippen LogP contribution in [0.25, 0.3) is 0 Å². The standard InChI is InChI=1S/C16H24N2O2.ClH/c1-11-3-8-15(12(2)9-11)20-10-16(19)18-14-6-4-13(17)5-7-14;/h3,8-9,13-14H,4-7,10,17H2,1-2H3,(H,18,19);1H. The van der Waals surface area contributed by atoms with Crippen molar-refractivity contribution in [3.63, 3.8) is 0 Å². The third-order valence-corrected chi connectivity index (χ3v) is 3.83. The minimum Gasteiger partial charge on any atom is -0.484 e. The predicted molar refractivity (Wildman–Crippen MR) is 87.0 cm³/mol. The fourth-order valence-corrected chi connectivity index (χ4v) is 2.64. The first-order chi connectivity index (χ1) is 9.54. The predicted octanol–water partition coefficient (Wildman–Crippen LogP) is 2.49. The van der Waals surface area contributed by atoms with Gasteiger partial charge in [-0.2, -0.15) is 0 Å². The number of amides is 1. The molecule has 1 aliphatic carbocycles. The van der Waals surface area contributed by atoms with Crippen molar-refractivity contribution in [2.45, 2.75) is 51.6 Å². The van der Waals surface area contributed by atoms with E-state index < -0.39 is 0 Å². The number of ether oxygens (including phenoxy) is 1. The lowest BCUT2D eigenvalue weighted by Crippen LogP contribution is -2.42. The van der Waals surface area contributed by atoms with Crippen molar-refractivity contribution in [3.8, 4) is 5.75 Å². The molecule has 0 heterocycles. The van der Waals surface area contributed by atoms with Gasteiger partial charge >= 0.3 is 0 Å². The monoisotopic (exact) mass is 312 g/mol. The molecule has 0 spiro atoms. The Labute approximate surface area is 132 Å². The summed E-state index contributed by atoms with van der Waals surface area (Å²) in [7, 11) is 0. The largest absolute Gasteiger partial charge is 0.484 e. The van der Waals surface area contributed by atoms with Crippen molar-refractivity contribution >= 4 is 18.3 Å². The van der Waals surface area contributed by atoms with Gasteiger partial charge in [-0.1, -0.05) is 17.7 Å². The average Bonchev–Trinajstić information content (AvgIpc) is 2.40. The number of nitrogens with one attached hydrogen (secondary N) is 1. The summed E-state index contributed by atoms with van der Waals surface area (Å²) >= 11 is 0. The van der Waals surface area contributed by atoms with Crippen molar-refractivity contribution in [3.05, 3.63) is 29.3 Å². The minimum absolute atomic E-state index is 0. The van der Waals surface area contributed by atoms with Gasteiger partial charge in [0.25, 0.3) is 5.91 Å². The smallest absolute Gasteiger partial charge is 0.258 e. The van der Waals surface area contributed by atoms with E-state index in [-0.39, 0.29) is 31.0 Å². The fourth-order valence-electron chi connectivity index (χ4n) is 2.64.